The van der Waals surface area contributed by atoms with Crippen LogP contribution in [0.1, 0.15) is 30.1 Å². The molecule has 1 aliphatic carbocycles. The summed E-state index contributed by atoms with van der Waals surface area (Å²) >= 11 is 2.03. The molecule has 2 rings (SSSR count). The van der Waals surface area contributed by atoms with E-state index in [0.717, 1.165) is 10.1 Å². The fraction of sp³-hybridized carbons (Fsp3) is 0.417. The fourth-order valence-electron chi connectivity index (χ4n) is 1.44. The molecule has 1 amide bonds. The van der Waals surface area contributed by atoms with Crippen molar-refractivity contribution in [3.05, 3.63) is 27.3 Å². The third kappa shape index (κ3) is 2.66. The van der Waals surface area contributed by atoms with E-state index in [1.54, 1.807) is 12.1 Å². The number of carbonyl (C=O) groups is 1. The van der Waals surface area contributed by atoms with Gasteiger partial charge in [-0.1, -0.05) is 6.92 Å². The minimum Gasteiger partial charge on any atom is -0.507 e. The number of aromatic hydroxyl groups is 1. The van der Waals surface area contributed by atoms with Gasteiger partial charge in [-0.25, -0.2) is 0 Å². The van der Waals surface area contributed by atoms with E-state index in [0.29, 0.717) is 11.0 Å². The second kappa shape index (κ2) is 4.24. The molecule has 1 aromatic rings. The first-order valence-corrected chi connectivity index (χ1v) is 6.35. The zero-order valence-corrected chi connectivity index (χ0v) is 11.2. The molecule has 0 spiro atoms. The SMILES string of the molecule is CC1(CNC(=O)c2ccc(I)c(O)c2)CC1. The summed E-state index contributed by atoms with van der Waals surface area (Å²) in [5.74, 6) is 0.0470. The lowest BCUT2D eigenvalue weighted by molar-refractivity contribution is 0.0945. The third-order valence-electron chi connectivity index (χ3n) is 2.99. The number of benzene rings is 1. The zero-order valence-electron chi connectivity index (χ0n) is 9.09. The Balaban J connectivity index is 2.00. The Morgan fingerprint density at radius 3 is 2.81 bits per heavy atom. The van der Waals surface area contributed by atoms with E-state index in [1.807, 2.05) is 22.6 Å². The van der Waals surface area contributed by atoms with Crippen LogP contribution in [-0.2, 0) is 0 Å². The molecule has 0 heterocycles. The van der Waals surface area contributed by atoms with Crippen LogP contribution in [0.4, 0.5) is 0 Å². The highest BCUT2D eigenvalue weighted by Gasteiger charge is 2.37. The number of hydrogen-bond donors (Lipinski definition) is 2. The van der Waals surface area contributed by atoms with Crippen molar-refractivity contribution in [1.82, 2.24) is 5.32 Å². The predicted octanol–water partition coefficient (Wildman–Crippen LogP) is 2.53. The summed E-state index contributed by atoms with van der Waals surface area (Å²) in [4.78, 5) is 11.8. The molecule has 2 N–H and O–H groups in total. The van der Waals surface area contributed by atoms with Gasteiger partial charge in [-0.3, -0.25) is 4.79 Å². The van der Waals surface area contributed by atoms with Gasteiger partial charge in [0.25, 0.3) is 5.91 Å². The lowest BCUT2D eigenvalue weighted by atomic mass is 10.1. The molecule has 3 nitrogen and oxygen atoms in total. The highest BCUT2D eigenvalue weighted by atomic mass is 127. The lowest BCUT2D eigenvalue weighted by Crippen LogP contribution is -2.28. The van der Waals surface area contributed by atoms with Crippen molar-refractivity contribution >= 4 is 28.5 Å². The van der Waals surface area contributed by atoms with Crippen molar-refractivity contribution in [3.8, 4) is 5.75 Å². The van der Waals surface area contributed by atoms with Gasteiger partial charge >= 0.3 is 0 Å². The normalized spacial score (nSPS) is 16.9. The van der Waals surface area contributed by atoms with Crippen LogP contribution in [0.15, 0.2) is 18.2 Å². The van der Waals surface area contributed by atoms with Crippen LogP contribution in [0, 0.1) is 8.99 Å². The van der Waals surface area contributed by atoms with Crippen molar-refractivity contribution in [2.45, 2.75) is 19.8 Å². The van der Waals surface area contributed by atoms with Crippen LogP contribution >= 0.6 is 22.6 Å². The molecule has 0 atom stereocenters. The Hall–Kier alpha value is -0.780. The first-order chi connectivity index (χ1) is 7.50. The molecule has 0 radical (unpaired) electrons. The molecule has 1 saturated carbocycles. The number of phenolic OH excluding ortho intramolecular Hbond substituents is 1. The summed E-state index contributed by atoms with van der Waals surface area (Å²) in [5.41, 5.74) is 0.822. The molecule has 0 aliphatic heterocycles. The maximum absolute atomic E-state index is 11.8. The zero-order chi connectivity index (χ0) is 11.8. The van der Waals surface area contributed by atoms with Crippen molar-refractivity contribution < 1.29 is 9.90 Å². The average Bonchev–Trinajstić information content (AvgIpc) is 2.98. The standard InChI is InChI=1S/C12H14INO2/c1-12(4-5-12)7-14-11(16)8-2-3-9(13)10(15)6-8/h2-3,6,15H,4-5,7H2,1H3,(H,14,16). The largest absolute Gasteiger partial charge is 0.507 e. The van der Waals surface area contributed by atoms with Gasteiger partial charge in [-0.15, -0.1) is 0 Å². The highest BCUT2D eigenvalue weighted by molar-refractivity contribution is 14.1. The van der Waals surface area contributed by atoms with Crippen molar-refractivity contribution in [1.29, 1.82) is 0 Å². The van der Waals surface area contributed by atoms with Crippen molar-refractivity contribution in [2.75, 3.05) is 6.54 Å². The predicted molar refractivity (Wildman–Crippen MR) is 70.5 cm³/mol. The lowest BCUT2D eigenvalue weighted by Gasteiger charge is -2.10. The summed E-state index contributed by atoms with van der Waals surface area (Å²) in [5, 5.41) is 12.4. The topological polar surface area (TPSA) is 49.3 Å². The Kier molecular flexibility index (Phi) is 3.10. The Morgan fingerprint density at radius 1 is 1.56 bits per heavy atom. The van der Waals surface area contributed by atoms with Crippen LogP contribution < -0.4 is 5.32 Å². The van der Waals surface area contributed by atoms with Crippen LogP contribution in [-0.4, -0.2) is 17.6 Å². The molecular formula is C12H14INO2. The minimum atomic E-state index is -0.111. The monoisotopic (exact) mass is 331 g/mol. The Labute approximate surface area is 108 Å². The molecular weight excluding hydrogens is 317 g/mol. The number of amides is 1. The summed E-state index contributed by atoms with van der Waals surface area (Å²) in [6.45, 7) is 2.89. The smallest absolute Gasteiger partial charge is 0.251 e. The van der Waals surface area contributed by atoms with Crippen molar-refractivity contribution in [2.24, 2.45) is 5.41 Å². The summed E-state index contributed by atoms with van der Waals surface area (Å²) < 4.78 is 0.753. The fourth-order valence-corrected chi connectivity index (χ4v) is 1.78. The number of nitrogens with one attached hydrogen (secondary N) is 1. The van der Waals surface area contributed by atoms with Crippen LogP contribution in [0.3, 0.4) is 0 Å². The second-order valence-electron chi connectivity index (χ2n) is 4.66. The molecule has 0 saturated heterocycles. The van der Waals surface area contributed by atoms with E-state index in [9.17, 15) is 9.90 Å². The maximum Gasteiger partial charge on any atom is 0.251 e. The average molecular weight is 331 g/mol. The number of halogens is 1. The molecule has 4 heteroatoms. The van der Waals surface area contributed by atoms with Crippen LogP contribution in [0.2, 0.25) is 0 Å². The molecule has 0 bridgehead atoms. The Morgan fingerprint density at radius 2 is 2.25 bits per heavy atom. The molecule has 0 unspecified atom stereocenters. The quantitative estimate of drug-likeness (QED) is 0.837. The van der Waals surface area contributed by atoms with E-state index in [-0.39, 0.29) is 11.7 Å². The van der Waals surface area contributed by atoms with E-state index >= 15 is 0 Å². The molecule has 1 aliphatic rings. The van der Waals surface area contributed by atoms with Crippen LogP contribution in [0.25, 0.3) is 0 Å². The maximum atomic E-state index is 11.8. The highest BCUT2D eigenvalue weighted by Crippen LogP contribution is 2.44. The van der Waals surface area contributed by atoms with E-state index < -0.39 is 0 Å². The second-order valence-corrected chi connectivity index (χ2v) is 5.82. The number of rotatable bonds is 3. The molecule has 16 heavy (non-hydrogen) atoms. The van der Waals surface area contributed by atoms with Gasteiger partial charge in [0.05, 0.1) is 3.57 Å². The van der Waals surface area contributed by atoms with Gasteiger partial charge in [0, 0.05) is 12.1 Å². The van der Waals surface area contributed by atoms with Gasteiger partial charge in [0.15, 0.2) is 0 Å². The van der Waals surface area contributed by atoms with Gasteiger partial charge in [0.1, 0.15) is 5.75 Å². The Bertz CT molecular complexity index is 427. The van der Waals surface area contributed by atoms with E-state index in [4.69, 9.17) is 0 Å². The number of carbonyl (C=O) groups excluding carboxylic acids is 1. The molecule has 1 fully saturated rings. The summed E-state index contributed by atoms with van der Waals surface area (Å²) in [6, 6.07) is 4.97. The van der Waals surface area contributed by atoms with Crippen molar-refractivity contribution in [3.63, 3.8) is 0 Å². The van der Waals surface area contributed by atoms with Gasteiger partial charge < -0.3 is 10.4 Å². The van der Waals surface area contributed by atoms with E-state index in [2.05, 4.69) is 12.2 Å². The number of hydrogen-bond acceptors (Lipinski definition) is 2. The first-order valence-electron chi connectivity index (χ1n) is 5.27. The number of phenols is 1. The van der Waals surface area contributed by atoms with Gasteiger partial charge in [-0.2, -0.15) is 0 Å². The third-order valence-corrected chi connectivity index (χ3v) is 3.90. The molecule has 0 aromatic heterocycles. The summed E-state index contributed by atoms with van der Waals surface area (Å²) in [7, 11) is 0. The summed E-state index contributed by atoms with van der Waals surface area (Å²) in [6.07, 6.45) is 2.37. The van der Waals surface area contributed by atoms with E-state index in [1.165, 1.54) is 18.9 Å². The minimum absolute atomic E-state index is 0.111. The molecule has 1 aromatic carbocycles. The van der Waals surface area contributed by atoms with Gasteiger partial charge in [0.2, 0.25) is 0 Å². The van der Waals surface area contributed by atoms with Gasteiger partial charge in [-0.05, 0) is 59.0 Å². The van der Waals surface area contributed by atoms with Crippen LogP contribution in [0.5, 0.6) is 5.75 Å². The molecule has 86 valence electrons. The first kappa shape index (κ1) is 11.7.